The molecule has 18 heavy (non-hydrogen) atoms. The van der Waals surface area contributed by atoms with E-state index in [0.29, 0.717) is 5.88 Å². The summed E-state index contributed by atoms with van der Waals surface area (Å²) in [5.41, 5.74) is 1.96. The first-order valence-electron chi connectivity index (χ1n) is 6.15. The first kappa shape index (κ1) is 13.1. The van der Waals surface area contributed by atoms with Gasteiger partial charge in [0, 0.05) is 25.5 Å². The Morgan fingerprint density at radius 2 is 1.89 bits per heavy atom. The second kappa shape index (κ2) is 5.10. The smallest absolute Gasteiger partial charge is 0.158 e. The van der Waals surface area contributed by atoms with Crippen molar-refractivity contribution < 1.29 is 0 Å². The van der Waals surface area contributed by atoms with Crippen molar-refractivity contribution in [1.82, 2.24) is 24.5 Å². The molecule has 2 rings (SSSR count). The van der Waals surface area contributed by atoms with Crippen molar-refractivity contribution in [2.24, 2.45) is 7.05 Å². The summed E-state index contributed by atoms with van der Waals surface area (Å²) in [5, 5.41) is 8.95. The van der Waals surface area contributed by atoms with E-state index in [1.54, 1.807) is 0 Å². The fourth-order valence-electron chi connectivity index (χ4n) is 2.05. The van der Waals surface area contributed by atoms with Crippen molar-refractivity contribution in [3.05, 3.63) is 22.9 Å². The lowest BCUT2D eigenvalue weighted by Gasteiger charge is -2.06. The Bertz CT molecular complexity index is 555. The van der Waals surface area contributed by atoms with Gasteiger partial charge in [0.05, 0.1) is 11.6 Å². The lowest BCUT2D eigenvalue weighted by Crippen LogP contribution is -2.09. The molecular formula is C12H18ClN5. The molecule has 0 aromatic carbocycles. The zero-order chi connectivity index (χ0) is 13.3. The van der Waals surface area contributed by atoms with E-state index in [-0.39, 0.29) is 0 Å². The number of alkyl halides is 1. The van der Waals surface area contributed by atoms with Gasteiger partial charge in [-0.15, -0.1) is 16.7 Å². The first-order chi connectivity index (χ1) is 8.62. The molecular weight excluding hydrogens is 250 g/mol. The van der Waals surface area contributed by atoms with Crippen LogP contribution in [0.4, 0.5) is 0 Å². The lowest BCUT2D eigenvalue weighted by molar-refractivity contribution is 0.669. The largest absolute Gasteiger partial charge is 0.250 e. The maximum Gasteiger partial charge on any atom is 0.158 e. The molecule has 5 nitrogen and oxygen atoms in total. The van der Waals surface area contributed by atoms with Gasteiger partial charge in [0.1, 0.15) is 5.82 Å². The van der Waals surface area contributed by atoms with Gasteiger partial charge in [0.2, 0.25) is 0 Å². The van der Waals surface area contributed by atoms with Crippen molar-refractivity contribution in [2.75, 3.05) is 0 Å². The summed E-state index contributed by atoms with van der Waals surface area (Å²) in [7, 11) is 1.91. The van der Waals surface area contributed by atoms with E-state index < -0.39 is 0 Å². The molecule has 0 spiro atoms. The minimum absolute atomic E-state index is 0.430. The normalized spacial score (nSPS) is 11.2. The number of rotatable bonds is 4. The predicted octanol–water partition coefficient (Wildman–Crippen LogP) is 2.17. The van der Waals surface area contributed by atoms with E-state index in [0.717, 1.165) is 41.6 Å². The second-order valence-corrected chi connectivity index (χ2v) is 4.48. The van der Waals surface area contributed by atoms with Crippen molar-refractivity contribution in [1.29, 1.82) is 0 Å². The highest BCUT2D eigenvalue weighted by atomic mass is 35.5. The van der Waals surface area contributed by atoms with Gasteiger partial charge < -0.3 is 0 Å². The van der Waals surface area contributed by atoms with Gasteiger partial charge in [-0.3, -0.25) is 4.68 Å². The van der Waals surface area contributed by atoms with Gasteiger partial charge in [-0.05, 0) is 6.92 Å². The van der Waals surface area contributed by atoms with Gasteiger partial charge in [-0.25, -0.2) is 4.98 Å². The third-order valence-electron chi connectivity index (χ3n) is 3.00. The Morgan fingerprint density at radius 3 is 2.44 bits per heavy atom. The van der Waals surface area contributed by atoms with Crippen LogP contribution < -0.4 is 0 Å². The van der Waals surface area contributed by atoms with Crippen LogP contribution in [0.5, 0.6) is 0 Å². The van der Waals surface area contributed by atoms with E-state index in [9.17, 15) is 0 Å². The summed E-state index contributed by atoms with van der Waals surface area (Å²) < 4.78 is 3.69. The number of aromatic nitrogens is 5. The molecule has 0 N–H and O–H groups in total. The molecule has 2 aromatic rings. The summed E-state index contributed by atoms with van der Waals surface area (Å²) in [6.45, 7) is 6.09. The molecule has 0 bridgehead atoms. The van der Waals surface area contributed by atoms with Crippen LogP contribution in [0.3, 0.4) is 0 Å². The Labute approximate surface area is 112 Å². The first-order valence-corrected chi connectivity index (χ1v) is 6.69. The summed E-state index contributed by atoms with van der Waals surface area (Å²) in [6, 6.07) is 0. The highest BCUT2D eigenvalue weighted by molar-refractivity contribution is 6.17. The van der Waals surface area contributed by atoms with Gasteiger partial charge in [-0.2, -0.15) is 9.78 Å². The highest BCUT2D eigenvalue weighted by Crippen LogP contribution is 2.20. The topological polar surface area (TPSA) is 48.5 Å². The van der Waals surface area contributed by atoms with Crippen molar-refractivity contribution in [3.8, 4) is 5.82 Å². The van der Waals surface area contributed by atoms with Gasteiger partial charge in [0.15, 0.2) is 11.6 Å². The molecule has 6 heteroatoms. The standard InChI is InChI=1S/C12H18ClN5/c1-5-10-14-11(6-2)18(16-10)12-9(7-13)8(3)15-17(12)4/h5-7H2,1-4H3. The van der Waals surface area contributed by atoms with Gasteiger partial charge in [0.25, 0.3) is 0 Å². The summed E-state index contributed by atoms with van der Waals surface area (Å²) >= 11 is 6.02. The number of hydrogen-bond donors (Lipinski definition) is 0. The van der Waals surface area contributed by atoms with Crippen LogP contribution in [0, 0.1) is 6.92 Å². The molecule has 0 atom stereocenters. The SMILES string of the molecule is CCc1nc(CC)n(-c2c(CCl)c(C)nn2C)n1. The fourth-order valence-corrected chi connectivity index (χ4v) is 2.36. The van der Waals surface area contributed by atoms with E-state index in [1.165, 1.54) is 0 Å². The maximum absolute atomic E-state index is 6.02. The molecule has 0 aliphatic rings. The van der Waals surface area contributed by atoms with Crippen LogP contribution in [0.1, 0.15) is 36.8 Å². The fraction of sp³-hybridized carbons (Fsp3) is 0.583. The van der Waals surface area contributed by atoms with E-state index >= 15 is 0 Å². The number of nitrogens with zero attached hydrogens (tertiary/aromatic N) is 5. The summed E-state index contributed by atoms with van der Waals surface area (Å²) in [5.74, 6) is 3.15. The van der Waals surface area contributed by atoms with Crippen LogP contribution in [0.15, 0.2) is 0 Å². The maximum atomic E-state index is 6.02. The van der Waals surface area contributed by atoms with Crippen molar-refractivity contribution in [3.63, 3.8) is 0 Å². The molecule has 2 aromatic heterocycles. The molecule has 0 amide bonds. The molecule has 0 aliphatic carbocycles. The van der Waals surface area contributed by atoms with Crippen LogP contribution >= 0.6 is 11.6 Å². The highest BCUT2D eigenvalue weighted by Gasteiger charge is 2.18. The Morgan fingerprint density at radius 1 is 1.17 bits per heavy atom. The summed E-state index contributed by atoms with van der Waals surface area (Å²) in [4.78, 5) is 4.52. The molecule has 0 saturated carbocycles. The average molecular weight is 268 g/mol. The van der Waals surface area contributed by atoms with E-state index in [2.05, 4.69) is 29.0 Å². The Hall–Kier alpha value is -1.36. The quantitative estimate of drug-likeness (QED) is 0.798. The predicted molar refractivity (Wildman–Crippen MR) is 71.2 cm³/mol. The molecule has 0 saturated heterocycles. The van der Waals surface area contributed by atoms with Gasteiger partial charge in [-0.1, -0.05) is 13.8 Å². The molecule has 0 aliphatic heterocycles. The molecule has 0 unspecified atom stereocenters. The molecule has 0 fully saturated rings. The lowest BCUT2D eigenvalue weighted by atomic mass is 10.3. The Balaban J connectivity index is 2.64. The van der Waals surface area contributed by atoms with Gasteiger partial charge >= 0.3 is 0 Å². The van der Waals surface area contributed by atoms with Crippen LogP contribution in [0.2, 0.25) is 0 Å². The number of halogens is 1. The molecule has 98 valence electrons. The van der Waals surface area contributed by atoms with Crippen LogP contribution in [0.25, 0.3) is 5.82 Å². The van der Waals surface area contributed by atoms with Crippen LogP contribution in [-0.2, 0) is 25.8 Å². The van der Waals surface area contributed by atoms with Crippen molar-refractivity contribution >= 4 is 11.6 Å². The number of hydrogen-bond acceptors (Lipinski definition) is 3. The minimum atomic E-state index is 0.430. The molecule has 0 radical (unpaired) electrons. The number of aryl methyl sites for hydroxylation is 4. The monoisotopic (exact) mass is 267 g/mol. The van der Waals surface area contributed by atoms with E-state index in [4.69, 9.17) is 11.6 Å². The zero-order valence-corrected chi connectivity index (χ0v) is 12.0. The zero-order valence-electron chi connectivity index (χ0n) is 11.2. The molecule has 2 heterocycles. The minimum Gasteiger partial charge on any atom is -0.250 e. The average Bonchev–Trinajstić information content (AvgIpc) is 2.88. The van der Waals surface area contributed by atoms with Crippen molar-refractivity contribution in [2.45, 2.75) is 39.5 Å². The summed E-state index contributed by atoms with van der Waals surface area (Å²) in [6.07, 6.45) is 1.66. The third kappa shape index (κ3) is 2.03. The second-order valence-electron chi connectivity index (χ2n) is 4.21. The van der Waals surface area contributed by atoms with Crippen LogP contribution in [-0.4, -0.2) is 24.5 Å². The Kier molecular flexibility index (Phi) is 3.71. The van der Waals surface area contributed by atoms with E-state index in [1.807, 2.05) is 23.3 Å². The third-order valence-corrected chi connectivity index (χ3v) is 3.27.